The molecule has 39 heavy (non-hydrogen) atoms. The number of hydrogen-bond donors (Lipinski definition) is 1. The number of alkyl halides is 3. The van der Waals surface area contributed by atoms with Gasteiger partial charge in [-0.1, -0.05) is 66.7 Å². The molecule has 0 unspecified atom stereocenters. The summed E-state index contributed by atoms with van der Waals surface area (Å²) in [6.07, 6.45) is -0.948. The van der Waals surface area contributed by atoms with Crippen LogP contribution >= 0.6 is 0 Å². The molecule has 5 rings (SSSR count). The molecule has 1 aliphatic rings. The zero-order valence-electron chi connectivity index (χ0n) is 20.4. The van der Waals surface area contributed by atoms with Crippen LogP contribution in [0.2, 0.25) is 0 Å². The molecule has 0 spiro atoms. The maximum absolute atomic E-state index is 13.0. The van der Waals surface area contributed by atoms with E-state index >= 15 is 0 Å². The number of amides is 3. The summed E-state index contributed by atoms with van der Waals surface area (Å²) in [4.78, 5) is 39.1. The van der Waals surface area contributed by atoms with Crippen molar-refractivity contribution in [2.75, 3.05) is 11.9 Å². The van der Waals surface area contributed by atoms with Gasteiger partial charge in [0.25, 0.3) is 17.7 Å². The number of nitrogens with zero attached hydrogens (tertiary/aromatic N) is 1. The van der Waals surface area contributed by atoms with Gasteiger partial charge in [0.2, 0.25) is 0 Å². The molecule has 1 N–H and O–H groups in total. The molecular formula is C31H21F3N2O3. The Balaban J connectivity index is 1.24. The molecule has 0 fully saturated rings. The number of benzene rings is 4. The summed E-state index contributed by atoms with van der Waals surface area (Å²) in [6, 6.07) is 25.0. The molecule has 1 heterocycles. The highest BCUT2D eigenvalue weighted by atomic mass is 19.4. The zero-order valence-corrected chi connectivity index (χ0v) is 20.4. The van der Waals surface area contributed by atoms with Gasteiger partial charge in [0, 0.05) is 17.8 Å². The van der Waals surface area contributed by atoms with Crippen molar-refractivity contribution in [3.63, 3.8) is 0 Å². The van der Waals surface area contributed by atoms with E-state index in [4.69, 9.17) is 0 Å². The third-order valence-electron chi connectivity index (χ3n) is 6.34. The van der Waals surface area contributed by atoms with E-state index in [0.717, 1.165) is 17.7 Å². The molecule has 8 heteroatoms. The third kappa shape index (κ3) is 5.36. The first kappa shape index (κ1) is 25.7. The Hall–Kier alpha value is -4.98. The van der Waals surface area contributed by atoms with Crippen LogP contribution in [0.1, 0.15) is 42.2 Å². The lowest BCUT2D eigenvalue weighted by atomic mass is 9.98. The van der Waals surface area contributed by atoms with E-state index in [9.17, 15) is 27.6 Å². The quantitative estimate of drug-likeness (QED) is 0.277. The fourth-order valence-electron chi connectivity index (χ4n) is 4.35. The average Bonchev–Trinajstić information content (AvgIpc) is 3.18. The summed E-state index contributed by atoms with van der Waals surface area (Å²) in [6.45, 7) is 0.131. The molecule has 1 aliphatic heterocycles. The second-order valence-corrected chi connectivity index (χ2v) is 8.87. The van der Waals surface area contributed by atoms with Crippen LogP contribution in [0.15, 0.2) is 103 Å². The highest BCUT2D eigenvalue weighted by molar-refractivity contribution is 6.21. The van der Waals surface area contributed by atoms with Gasteiger partial charge in [-0.15, -0.1) is 0 Å². The van der Waals surface area contributed by atoms with Gasteiger partial charge >= 0.3 is 6.18 Å². The average molecular weight is 527 g/mol. The van der Waals surface area contributed by atoms with Crippen LogP contribution < -0.4 is 5.32 Å². The fraction of sp³-hybridized carbons (Fsp3) is 0.0645. The normalized spacial score (nSPS) is 13.2. The van der Waals surface area contributed by atoms with E-state index in [1.54, 1.807) is 84.9 Å². The maximum atomic E-state index is 13.0. The van der Waals surface area contributed by atoms with Gasteiger partial charge in [-0.25, -0.2) is 0 Å². The van der Waals surface area contributed by atoms with Crippen molar-refractivity contribution in [3.8, 4) is 11.1 Å². The number of imide groups is 1. The molecule has 5 nitrogen and oxygen atoms in total. The molecule has 0 aliphatic carbocycles. The number of carbonyl (C=O) groups excluding carboxylic acids is 3. The first-order valence-corrected chi connectivity index (χ1v) is 12.0. The van der Waals surface area contributed by atoms with Crippen molar-refractivity contribution in [2.24, 2.45) is 0 Å². The van der Waals surface area contributed by atoms with Crippen molar-refractivity contribution in [3.05, 3.63) is 131 Å². The fourth-order valence-corrected chi connectivity index (χ4v) is 4.35. The highest BCUT2D eigenvalue weighted by Gasteiger charge is 2.34. The summed E-state index contributed by atoms with van der Waals surface area (Å²) >= 11 is 0. The summed E-state index contributed by atoms with van der Waals surface area (Å²) in [5, 5.41) is 2.81. The first-order valence-electron chi connectivity index (χ1n) is 12.0. The molecule has 0 atom stereocenters. The Morgan fingerprint density at radius 2 is 1.31 bits per heavy atom. The van der Waals surface area contributed by atoms with Crippen molar-refractivity contribution in [2.45, 2.75) is 6.18 Å². The maximum Gasteiger partial charge on any atom is 0.416 e. The van der Waals surface area contributed by atoms with E-state index in [1.165, 1.54) is 17.0 Å². The van der Waals surface area contributed by atoms with Crippen LogP contribution in [-0.2, 0) is 6.18 Å². The van der Waals surface area contributed by atoms with E-state index < -0.39 is 17.6 Å². The van der Waals surface area contributed by atoms with Gasteiger partial charge in [-0.3, -0.25) is 19.3 Å². The minimum absolute atomic E-state index is 0.131. The largest absolute Gasteiger partial charge is 0.416 e. The molecule has 4 aromatic carbocycles. The van der Waals surface area contributed by atoms with Gasteiger partial charge in [0.1, 0.15) is 0 Å². The minimum atomic E-state index is -4.44. The molecule has 0 bridgehead atoms. The van der Waals surface area contributed by atoms with Gasteiger partial charge in [-0.2, -0.15) is 13.2 Å². The highest BCUT2D eigenvalue weighted by Crippen LogP contribution is 2.32. The van der Waals surface area contributed by atoms with Crippen molar-refractivity contribution < 1.29 is 27.6 Å². The smallest absolute Gasteiger partial charge is 0.322 e. The lowest BCUT2D eigenvalue weighted by Gasteiger charge is -2.12. The number of rotatable bonds is 6. The van der Waals surface area contributed by atoms with Gasteiger partial charge in [-0.05, 0) is 59.2 Å². The van der Waals surface area contributed by atoms with Gasteiger partial charge in [0.15, 0.2) is 0 Å². The van der Waals surface area contributed by atoms with Crippen LogP contribution in [-0.4, -0.2) is 29.2 Å². The summed E-state index contributed by atoms with van der Waals surface area (Å²) < 4.78 is 38.8. The van der Waals surface area contributed by atoms with Crippen LogP contribution in [0.3, 0.4) is 0 Å². The minimum Gasteiger partial charge on any atom is -0.322 e. The second-order valence-electron chi connectivity index (χ2n) is 8.87. The number of carbonyl (C=O) groups is 3. The standard InChI is InChI=1S/C31H21F3N2O3/c32-31(33,34)22-15-13-21(14-16-22)24-7-1-2-8-25(24)28(37)35-23-17-11-20(12-18-23)6-5-19-36-29(38)26-9-3-4-10-27(26)30(36)39/h1-18H,19H2,(H,35,37). The molecule has 0 aromatic heterocycles. The predicted octanol–water partition coefficient (Wildman–Crippen LogP) is 6.93. The van der Waals surface area contributed by atoms with E-state index in [0.29, 0.717) is 33.5 Å². The lowest BCUT2D eigenvalue weighted by Crippen LogP contribution is -2.29. The number of fused-ring (bicyclic) bond motifs is 1. The van der Waals surface area contributed by atoms with Crippen LogP contribution in [0.5, 0.6) is 0 Å². The Labute approximate surface area is 222 Å². The van der Waals surface area contributed by atoms with E-state index in [1.807, 2.05) is 0 Å². The summed E-state index contributed by atoms with van der Waals surface area (Å²) in [5.74, 6) is -1.05. The van der Waals surface area contributed by atoms with Crippen LogP contribution in [0, 0.1) is 0 Å². The summed E-state index contributed by atoms with van der Waals surface area (Å²) in [7, 11) is 0. The van der Waals surface area contributed by atoms with E-state index in [2.05, 4.69) is 5.32 Å². The molecule has 0 saturated heterocycles. The Kier molecular flexibility index (Phi) is 6.85. The molecule has 194 valence electrons. The number of hydrogen-bond acceptors (Lipinski definition) is 3. The Morgan fingerprint density at radius 1 is 0.744 bits per heavy atom. The van der Waals surface area contributed by atoms with Crippen molar-refractivity contribution in [1.82, 2.24) is 4.90 Å². The Morgan fingerprint density at radius 3 is 1.90 bits per heavy atom. The van der Waals surface area contributed by atoms with Crippen LogP contribution in [0.4, 0.5) is 18.9 Å². The van der Waals surface area contributed by atoms with E-state index in [-0.39, 0.29) is 18.4 Å². The van der Waals surface area contributed by atoms with Gasteiger partial charge in [0.05, 0.1) is 16.7 Å². The number of halogens is 3. The monoisotopic (exact) mass is 526 g/mol. The topological polar surface area (TPSA) is 66.5 Å². The first-order chi connectivity index (χ1) is 18.7. The second kappa shape index (κ2) is 10.4. The molecule has 4 aromatic rings. The van der Waals surface area contributed by atoms with Crippen molar-refractivity contribution in [1.29, 1.82) is 0 Å². The molecular weight excluding hydrogens is 505 g/mol. The predicted molar refractivity (Wildman–Crippen MR) is 142 cm³/mol. The summed E-state index contributed by atoms with van der Waals surface area (Å²) in [5.41, 5.74) is 2.69. The molecule has 0 radical (unpaired) electrons. The van der Waals surface area contributed by atoms with Crippen LogP contribution in [0.25, 0.3) is 17.2 Å². The number of anilines is 1. The number of nitrogens with one attached hydrogen (secondary N) is 1. The van der Waals surface area contributed by atoms with Crippen molar-refractivity contribution >= 4 is 29.5 Å². The third-order valence-corrected chi connectivity index (χ3v) is 6.34. The zero-order chi connectivity index (χ0) is 27.6. The Bertz CT molecular complexity index is 1560. The molecule has 0 saturated carbocycles. The lowest BCUT2D eigenvalue weighted by molar-refractivity contribution is -0.137. The molecule has 3 amide bonds. The van der Waals surface area contributed by atoms with Gasteiger partial charge < -0.3 is 5.32 Å². The SMILES string of the molecule is O=C(Nc1ccc(C=CCN2C(=O)c3ccccc3C2=O)cc1)c1ccccc1-c1ccc(C(F)(F)F)cc1.